The fourth-order valence-corrected chi connectivity index (χ4v) is 4.43. The van der Waals surface area contributed by atoms with Crippen LogP contribution in [0.4, 0.5) is 5.00 Å². The number of anilines is 1. The number of halogens is 3. The van der Waals surface area contributed by atoms with Crippen molar-refractivity contribution in [1.82, 2.24) is 0 Å². The summed E-state index contributed by atoms with van der Waals surface area (Å²) >= 11 is 19.3. The van der Waals surface area contributed by atoms with Crippen LogP contribution in [0.3, 0.4) is 0 Å². The number of aryl methyl sites for hydroxylation is 1. The van der Waals surface area contributed by atoms with Gasteiger partial charge in [-0.15, -0.1) is 11.3 Å². The SMILES string of the molecule is COC(=O)c1c(NC(=O)/C=C/c2ccc(Cl)c(Cl)c2)sc(C)c1-c1cccc(Cl)c1. The number of carbonyl (C=O) groups is 2. The van der Waals surface area contributed by atoms with Crippen molar-refractivity contribution in [3.8, 4) is 11.1 Å². The van der Waals surface area contributed by atoms with Gasteiger partial charge in [-0.3, -0.25) is 4.79 Å². The molecular formula is C22H16Cl3NO3S. The lowest BCUT2D eigenvalue weighted by atomic mass is 10.0. The Kier molecular flexibility index (Phi) is 7.21. The number of benzene rings is 2. The first kappa shape index (κ1) is 22.4. The van der Waals surface area contributed by atoms with Crippen molar-refractivity contribution < 1.29 is 14.3 Å². The Labute approximate surface area is 193 Å². The standard InChI is InChI=1S/C22H16Cl3NO3S/c1-12-19(14-4-3-5-15(23)11-14)20(22(28)29-2)21(30-12)26-18(27)9-7-13-6-8-16(24)17(25)10-13/h3-11H,1-2H3,(H,26,27)/b9-7+. The topological polar surface area (TPSA) is 55.4 Å². The van der Waals surface area contributed by atoms with Gasteiger partial charge < -0.3 is 10.1 Å². The molecule has 0 aliphatic carbocycles. The van der Waals surface area contributed by atoms with Gasteiger partial charge in [0.1, 0.15) is 10.6 Å². The number of rotatable bonds is 5. The Morgan fingerprint density at radius 1 is 1.07 bits per heavy atom. The molecule has 0 saturated carbocycles. The first-order valence-corrected chi connectivity index (χ1v) is 10.7. The monoisotopic (exact) mass is 479 g/mol. The van der Waals surface area contributed by atoms with Crippen LogP contribution in [-0.2, 0) is 9.53 Å². The summed E-state index contributed by atoms with van der Waals surface area (Å²) < 4.78 is 4.96. The molecule has 0 atom stereocenters. The lowest BCUT2D eigenvalue weighted by Gasteiger charge is -2.07. The molecule has 0 radical (unpaired) electrons. The molecule has 1 amide bonds. The predicted octanol–water partition coefficient (Wildman–Crippen LogP) is 7.12. The Morgan fingerprint density at radius 3 is 2.50 bits per heavy atom. The highest BCUT2D eigenvalue weighted by Gasteiger charge is 2.24. The zero-order valence-electron chi connectivity index (χ0n) is 16.0. The number of esters is 1. The lowest BCUT2D eigenvalue weighted by molar-refractivity contribution is -0.111. The molecule has 1 heterocycles. The molecule has 0 spiro atoms. The van der Waals surface area contributed by atoms with Crippen molar-refractivity contribution in [3.63, 3.8) is 0 Å². The van der Waals surface area contributed by atoms with Gasteiger partial charge in [0, 0.05) is 21.5 Å². The minimum atomic E-state index is -0.543. The van der Waals surface area contributed by atoms with Crippen molar-refractivity contribution in [2.24, 2.45) is 0 Å². The Bertz CT molecular complexity index is 1150. The van der Waals surface area contributed by atoms with E-state index < -0.39 is 11.9 Å². The zero-order chi connectivity index (χ0) is 21.8. The lowest BCUT2D eigenvalue weighted by Crippen LogP contribution is -2.11. The van der Waals surface area contributed by atoms with Crippen molar-refractivity contribution >= 4 is 69.1 Å². The summed E-state index contributed by atoms with van der Waals surface area (Å²) in [6.07, 6.45) is 2.96. The third-order valence-corrected chi connectivity index (χ3v) is 6.19. The van der Waals surface area contributed by atoms with Crippen molar-refractivity contribution in [2.75, 3.05) is 12.4 Å². The molecule has 0 unspecified atom stereocenters. The van der Waals surface area contributed by atoms with Crippen LogP contribution in [0.1, 0.15) is 20.8 Å². The number of amides is 1. The van der Waals surface area contributed by atoms with Crippen LogP contribution in [0.15, 0.2) is 48.5 Å². The van der Waals surface area contributed by atoms with Crippen LogP contribution in [0.5, 0.6) is 0 Å². The van der Waals surface area contributed by atoms with Gasteiger partial charge in [0.2, 0.25) is 5.91 Å². The maximum atomic E-state index is 12.5. The van der Waals surface area contributed by atoms with Crippen LogP contribution in [0.25, 0.3) is 17.2 Å². The van der Waals surface area contributed by atoms with E-state index in [1.54, 1.807) is 42.5 Å². The van der Waals surface area contributed by atoms with E-state index in [1.165, 1.54) is 24.5 Å². The van der Waals surface area contributed by atoms with Gasteiger partial charge in [-0.1, -0.05) is 53.0 Å². The van der Waals surface area contributed by atoms with E-state index in [9.17, 15) is 9.59 Å². The Hall–Kier alpha value is -2.31. The average Bonchev–Trinajstić information content (AvgIpc) is 3.03. The highest BCUT2D eigenvalue weighted by Crippen LogP contribution is 2.41. The van der Waals surface area contributed by atoms with Crippen molar-refractivity contribution in [1.29, 1.82) is 0 Å². The molecule has 1 aromatic heterocycles. The van der Waals surface area contributed by atoms with Gasteiger partial charge in [-0.25, -0.2) is 4.79 Å². The molecule has 0 aliphatic heterocycles. The third kappa shape index (κ3) is 5.05. The molecule has 3 rings (SSSR count). The van der Waals surface area contributed by atoms with E-state index in [2.05, 4.69) is 5.32 Å². The number of carbonyl (C=O) groups excluding carboxylic acids is 2. The predicted molar refractivity (Wildman–Crippen MR) is 125 cm³/mol. The second-order valence-electron chi connectivity index (χ2n) is 6.24. The van der Waals surface area contributed by atoms with E-state index >= 15 is 0 Å². The molecule has 0 fully saturated rings. The minimum Gasteiger partial charge on any atom is -0.465 e. The molecule has 2 aromatic carbocycles. The van der Waals surface area contributed by atoms with E-state index in [1.807, 2.05) is 13.0 Å². The van der Waals surface area contributed by atoms with E-state index in [0.717, 1.165) is 16.0 Å². The van der Waals surface area contributed by atoms with Crippen LogP contribution in [-0.4, -0.2) is 19.0 Å². The molecule has 0 bridgehead atoms. The van der Waals surface area contributed by atoms with Crippen LogP contribution in [0.2, 0.25) is 15.1 Å². The van der Waals surface area contributed by atoms with E-state index in [0.29, 0.717) is 31.2 Å². The van der Waals surface area contributed by atoms with Crippen LogP contribution in [0, 0.1) is 6.92 Å². The summed E-state index contributed by atoms with van der Waals surface area (Å²) in [4.78, 5) is 25.8. The summed E-state index contributed by atoms with van der Waals surface area (Å²) in [6.45, 7) is 1.87. The van der Waals surface area contributed by atoms with Crippen LogP contribution < -0.4 is 5.32 Å². The van der Waals surface area contributed by atoms with Gasteiger partial charge in [-0.2, -0.15) is 0 Å². The summed E-state index contributed by atoms with van der Waals surface area (Å²) in [6, 6.07) is 12.2. The largest absolute Gasteiger partial charge is 0.465 e. The highest BCUT2D eigenvalue weighted by atomic mass is 35.5. The van der Waals surface area contributed by atoms with E-state index in [4.69, 9.17) is 39.5 Å². The molecule has 0 saturated heterocycles. The molecule has 30 heavy (non-hydrogen) atoms. The molecule has 3 aromatic rings. The number of hydrogen-bond acceptors (Lipinski definition) is 4. The molecule has 0 aliphatic rings. The number of hydrogen-bond donors (Lipinski definition) is 1. The Morgan fingerprint density at radius 2 is 1.83 bits per heavy atom. The first-order chi connectivity index (χ1) is 14.3. The molecule has 1 N–H and O–H groups in total. The fourth-order valence-electron chi connectivity index (χ4n) is 2.86. The average molecular weight is 481 g/mol. The summed E-state index contributed by atoms with van der Waals surface area (Å²) in [7, 11) is 1.30. The van der Waals surface area contributed by atoms with Gasteiger partial charge in [0.15, 0.2) is 0 Å². The van der Waals surface area contributed by atoms with Crippen molar-refractivity contribution in [2.45, 2.75) is 6.92 Å². The third-order valence-electron chi connectivity index (χ3n) is 4.19. The zero-order valence-corrected chi connectivity index (χ0v) is 19.0. The second kappa shape index (κ2) is 9.67. The molecule has 154 valence electrons. The van der Waals surface area contributed by atoms with Gasteiger partial charge >= 0.3 is 5.97 Å². The quantitative estimate of drug-likeness (QED) is 0.312. The summed E-state index contributed by atoms with van der Waals surface area (Å²) in [5.74, 6) is -0.941. The number of ether oxygens (including phenoxy) is 1. The second-order valence-corrected chi connectivity index (χ2v) is 8.71. The molecule has 4 nitrogen and oxygen atoms in total. The van der Waals surface area contributed by atoms with Crippen molar-refractivity contribution in [3.05, 3.63) is 79.6 Å². The number of thiophene rings is 1. The van der Waals surface area contributed by atoms with E-state index in [-0.39, 0.29) is 0 Å². The molecular weight excluding hydrogens is 465 g/mol. The summed E-state index contributed by atoms with van der Waals surface area (Å²) in [5.41, 5.74) is 2.45. The highest BCUT2D eigenvalue weighted by molar-refractivity contribution is 7.17. The number of methoxy groups -OCH3 is 1. The van der Waals surface area contributed by atoms with Gasteiger partial charge in [-0.05, 0) is 48.4 Å². The molecule has 8 heteroatoms. The maximum absolute atomic E-state index is 12.5. The van der Waals surface area contributed by atoms with Gasteiger partial charge in [0.25, 0.3) is 0 Å². The smallest absolute Gasteiger partial charge is 0.341 e. The Balaban J connectivity index is 1.92. The van der Waals surface area contributed by atoms with Crippen LogP contribution >= 0.6 is 46.1 Å². The fraction of sp³-hybridized carbons (Fsp3) is 0.0909. The summed E-state index contributed by atoms with van der Waals surface area (Å²) in [5, 5.41) is 4.54. The van der Waals surface area contributed by atoms with Gasteiger partial charge in [0.05, 0.1) is 17.2 Å². The maximum Gasteiger partial charge on any atom is 0.341 e. The number of nitrogens with one attached hydrogen (secondary N) is 1. The minimum absolute atomic E-state index is 0.290. The normalized spacial score (nSPS) is 11.0. The first-order valence-electron chi connectivity index (χ1n) is 8.72.